The maximum Gasteiger partial charge on any atom is 0.328 e. The molecular weight excluding hydrogens is 682 g/mol. The second-order valence-corrected chi connectivity index (χ2v) is 14.1. The normalized spacial score (nSPS) is 22.2. The number of halogens is 1. The minimum atomic E-state index is -0.916. The summed E-state index contributed by atoms with van der Waals surface area (Å²) in [5, 5.41) is 27.3. The summed E-state index contributed by atoms with van der Waals surface area (Å²) in [6.07, 6.45) is 0.166. The summed E-state index contributed by atoms with van der Waals surface area (Å²) < 4.78 is 18.3. The molecule has 4 aromatic rings. The van der Waals surface area contributed by atoms with Crippen molar-refractivity contribution >= 4 is 29.3 Å². The van der Waals surface area contributed by atoms with Gasteiger partial charge in [0, 0.05) is 48.2 Å². The second kappa shape index (κ2) is 17.0. The molecule has 4 aromatic carbocycles. The lowest BCUT2D eigenvalue weighted by molar-refractivity contribution is -0.277. The molecule has 2 aliphatic heterocycles. The van der Waals surface area contributed by atoms with Crippen molar-refractivity contribution in [2.45, 2.75) is 62.9 Å². The van der Waals surface area contributed by atoms with Crippen molar-refractivity contribution in [1.29, 1.82) is 0 Å². The van der Waals surface area contributed by atoms with E-state index in [1.165, 1.54) is 7.11 Å². The molecule has 274 valence electrons. The number of nitrogens with zero attached hydrogens (tertiary/aromatic N) is 1. The molecule has 5 atom stereocenters. The van der Waals surface area contributed by atoms with Gasteiger partial charge in [-0.05, 0) is 59.4 Å². The first-order valence-corrected chi connectivity index (χ1v) is 18.0. The summed E-state index contributed by atoms with van der Waals surface area (Å²) in [5.74, 6) is -0.571. The minimum Gasteiger partial charge on any atom is -0.467 e. The Kier molecular flexibility index (Phi) is 12.3. The molecule has 52 heavy (non-hydrogen) atoms. The van der Waals surface area contributed by atoms with E-state index < -0.39 is 29.9 Å². The summed E-state index contributed by atoms with van der Waals surface area (Å²) in [4.78, 5) is 28.0. The Hall–Kier alpha value is -4.29. The Labute approximate surface area is 309 Å². The number of methoxy groups -OCH3 is 1. The quantitative estimate of drug-likeness (QED) is 0.129. The average Bonchev–Trinajstić information content (AvgIpc) is 3.16. The maximum atomic E-state index is 13.1. The fourth-order valence-corrected chi connectivity index (χ4v) is 7.14. The van der Waals surface area contributed by atoms with Crippen molar-refractivity contribution in [3.8, 4) is 0 Å². The number of carbonyl (C=O) groups is 2. The number of aliphatic hydroxyl groups excluding tert-OH is 1. The number of hydrogen-bond acceptors (Lipinski definition) is 8. The van der Waals surface area contributed by atoms with Crippen LogP contribution in [0.3, 0.4) is 0 Å². The average molecular weight is 728 g/mol. The van der Waals surface area contributed by atoms with Gasteiger partial charge >= 0.3 is 12.0 Å². The standard InChI is InChI=1S/C41H46ClN3O7/c1-27-36(25-45-21-19-41(49,20-22-45)32-15-17-33(42)18-16-32)51-39(52-37(27)30-13-11-29(26-46)12-14-30)31-9-6-10-34(24-31)43-40(48)44-35(38(47)50-2)23-28-7-4-3-5-8-28/h3-18,24,27,35-37,39,46,49H,19-23,25-26H2,1-2H3,(H2,43,44,48)/t27-,35+,36+,37+,39+/m1/s1. The van der Waals surface area contributed by atoms with E-state index in [0.717, 1.165) is 27.8 Å². The number of likely N-dealkylation sites (tertiary alicyclic amines) is 1. The van der Waals surface area contributed by atoms with E-state index in [1.54, 1.807) is 12.1 Å². The van der Waals surface area contributed by atoms with E-state index in [4.69, 9.17) is 25.8 Å². The third-order valence-electron chi connectivity index (χ3n) is 10.1. The summed E-state index contributed by atoms with van der Waals surface area (Å²) in [6.45, 7) is 4.10. The van der Waals surface area contributed by atoms with Gasteiger partial charge in [-0.25, -0.2) is 9.59 Å². The van der Waals surface area contributed by atoms with E-state index in [1.807, 2.05) is 91.0 Å². The number of aliphatic hydroxyl groups is 2. The number of hydrogen-bond donors (Lipinski definition) is 4. The molecule has 2 aliphatic rings. The molecule has 0 bridgehead atoms. The van der Waals surface area contributed by atoms with Gasteiger partial charge in [-0.3, -0.25) is 0 Å². The van der Waals surface area contributed by atoms with Crippen molar-refractivity contribution in [2.24, 2.45) is 5.92 Å². The van der Waals surface area contributed by atoms with Gasteiger partial charge in [0.25, 0.3) is 0 Å². The first kappa shape index (κ1) is 37.5. The van der Waals surface area contributed by atoms with Crippen LogP contribution in [-0.2, 0) is 37.6 Å². The zero-order valence-electron chi connectivity index (χ0n) is 29.4. The molecule has 2 amide bonds. The molecule has 0 unspecified atom stereocenters. The number of ether oxygens (including phenoxy) is 3. The van der Waals surface area contributed by atoms with Crippen molar-refractivity contribution in [1.82, 2.24) is 10.2 Å². The lowest BCUT2D eigenvalue weighted by atomic mass is 9.84. The fourth-order valence-electron chi connectivity index (χ4n) is 7.01. The Morgan fingerprint density at radius 3 is 2.31 bits per heavy atom. The van der Waals surface area contributed by atoms with Gasteiger partial charge in [0.1, 0.15) is 6.04 Å². The molecule has 11 heteroatoms. The Morgan fingerprint density at radius 1 is 0.923 bits per heavy atom. The predicted octanol–water partition coefficient (Wildman–Crippen LogP) is 6.51. The molecule has 0 spiro atoms. The fraction of sp³-hybridized carbons (Fsp3) is 0.366. The van der Waals surface area contributed by atoms with E-state index in [0.29, 0.717) is 43.2 Å². The van der Waals surface area contributed by atoms with Crippen LogP contribution in [0.4, 0.5) is 10.5 Å². The first-order chi connectivity index (χ1) is 25.1. The van der Waals surface area contributed by atoms with Gasteiger partial charge < -0.3 is 40.0 Å². The van der Waals surface area contributed by atoms with Crippen molar-refractivity contribution < 1.29 is 34.0 Å². The van der Waals surface area contributed by atoms with Crippen LogP contribution in [0.25, 0.3) is 0 Å². The van der Waals surface area contributed by atoms with Crippen molar-refractivity contribution in [2.75, 3.05) is 32.1 Å². The summed E-state index contributed by atoms with van der Waals surface area (Å²) in [5.41, 5.74) is 3.85. The van der Waals surface area contributed by atoms with Gasteiger partial charge in [0.2, 0.25) is 0 Å². The zero-order chi connectivity index (χ0) is 36.7. The number of urea groups is 1. The highest BCUT2D eigenvalue weighted by Crippen LogP contribution is 2.43. The highest BCUT2D eigenvalue weighted by atomic mass is 35.5. The van der Waals surface area contributed by atoms with Crippen molar-refractivity contribution in [3.05, 3.63) is 136 Å². The number of nitrogens with one attached hydrogen (secondary N) is 2. The molecule has 2 heterocycles. The Balaban J connectivity index is 1.17. The number of anilines is 1. The Bertz CT molecular complexity index is 1780. The highest BCUT2D eigenvalue weighted by molar-refractivity contribution is 6.30. The molecule has 4 N–H and O–H groups in total. The van der Waals surface area contributed by atoms with Crippen LogP contribution in [0.2, 0.25) is 5.02 Å². The molecule has 0 saturated carbocycles. The largest absolute Gasteiger partial charge is 0.467 e. The third-order valence-corrected chi connectivity index (χ3v) is 10.4. The molecule has 0 radical (unpaired) electrons. The lowest BCUT2D eigenvalue weighted by Crippen LogP contribution is -2.49. The van der Waals surface area contributed by atoms with Crippen LogP contribution in [0.15, 0.2) is 103 Å². The number of carbonyl (C=O) groups excluding carboxylic acids is 2. The van der Waals surface area contributed by atoms with Crippen LogP contribution in [0, 0.1) is 5.92 Å². The SMILES string of the molecule is COC(=O)[C@H](Cc1ccccc1)NC(=O)Nc1cccc([C@H]2O[C@@H](CN3CCC(O)(c4ccc(Cl)cc4)CC3)[C@@H](C)[C@@H](c3ccc(CO)cc3)O2)c1. The van der Waals surface area contributed by atoms with Gasteiger partial charge in [-0.15, -0.1) is 0 Å². The summed E-state index contributed by atoms with van der Waals surface area (Å²) >= 11 is 6.10. The number of esters is 1. The van der Waals surface area contributed by atoms with Crippen LogP contribution in [0.1, 0.15) is 60.0 Å². The van der Waals surface area contributed by atoms with Gasteiger partial charge in [-0.2, -0.15) is 0 Å². The highest BCUT2D eigenvalue weighted by Gasteiger charge is 2.41. The number of benzene rings is 4. The third kappa shape index (κ3) is 9.19. The van der Waals surface area contributed by atoms with Crippen LogP contribution in [-0.4, -0.2) is 66.0 Å². The molecule has 0 aromatic heterocycles. The van der Waals surface area contributed by atoms with Gasteiger partial charge in [0.15, 0.2) is 6.29 Å². The Morgan fingerprint density at radius 2 is 1.63 bits per heavy atom. The second-order valence-electron chi connectivity index (χ2n) is 13.7. The topological polar surface area (TPSA) is 130 Å². The van der Waals surface area contributed by atoms with Gasteiger partial charge in [0.05, 0.1) is 31.5 Å². The molecule has 10 nitrogen and oxygen atoms in total. The van der Waals surface area contributed by atoms with E-state index >= 15 is 0 Å². The van der Waals surface area contributed by atoms with Crippen molar-refractivity contribution in [3.63, 3.8) is 0 Å². The first-order valence-electron chi connectivity index (χ1n) is 17.6. The molecular formula is C41H46ClN3O7. The van der Waals surface area contributed by atoms with Crippen LogP contribution < -0.4 is 10.6 Å². The van der Waals surface area contributed by atoms with Crippen LogP contribution >= 0.6 is 11.6 Å². The summed E-state index contributed by atoms with van der Waals surface area (Å²) in [7, 11) is 1.29. The number of piperidine rings is 1. The van der Waals surface area contributed by atoms with E-state index in [2.05, 4.69) is 22.5 Å². The smallest absolute Gasteiger partial charge is 0.328 e. The number of rotatable bonds is 11. The summed E-state index contributed by atoms with van der Waals surface area (Å²) in [6, 6.07) is 30.4. The van der Waals surface area contributed by atoms with E-state index in [9.17, 15) is 19.8 Å². The van der Waals surface area contributed by atoms with Gasteiger partial charge in [-0.1, -0.05) is 97.4 Å². The maximum absolute atomic E-state index is 13.1. The molecule has 6 rings (SSSR count). The monoisotopic (exact) mass is 727 g/mol. The van der Waals surface area contributed by atoms with Crippen LogP contribution in [0.5, 0.6) is 0 Å². The molecule has 0 aliphatic carbocycles. The minimum absolute atomic E-state index is 0.0275. The lowest BCUT2D eigenvalue weighted by Gasteiger charge is -2.45. The molecule has 2 fully saturated rings. The predicted molar refractivity (Wildman–Crippen MR) is 199 cm³/mol. The number of amides is 2. The molecule has 2 saturated heterocycles. The van der Waals surface area contributed by atoms with E-state index in [-0.39, 0.29) is 31.2 Å². The zero-order valence-corrected chi connectivity index (χ0v) is 30.2.